The molecule has 2 rings (SSSR count). The number of nitrogens with zero attached hydrogens (tertiary/aromatic N) is 1. The second-order valence-corrected chi connectivity index (χ2v) is 5.96. The summed E-state index contributed by atoms with van der Waals surface area (Å²) in [6.07, 6.45) is 2.13. The summed E-state index contributed by atoms with van der Waals surface area (Å²) in [5.74, 6) is -0.113. The zero-order valence-electron chi connectivity index (χ0n) is 12.9. The lowest BCUT2D eigenvalue weighted by Crippen LogP contribution is -2.52. The monoisotopic (exact) mass is 275 g/mol. The number of ether oxygens (including phenoxy) is 1. The molecule has 1 aromatic carbocycles. The van der Waals surface area contributed by atoms with Crippen molar-refractivity contribution in [3.8, 4) is 0 Å². The van der Waals surface area contributed by atoms with E-state index in [1.165, 1.54) is 0 Å². The van der Waals surface area contributed by atoms with Crippen LogP contribution in [0.2, 0.25) is 0 Å². The van der Waals surface area contributed by atoms with Gasteiger partial charge in [0.1, 0.15) is 5.60 Å². The molecule has 3 heteroatoms. The van der Waals surface area contributed by atoms with Gasteiger partial charge in [-0.15, -0.1) is 0 Å². The average molecular weight is 275 g/mol. The quantitative estimate of drug-likeness (QED) is 0.792. The van der Waals surface area contributed by atoms with Crippen LogP contribution in [0.25, 0.3) is 0 Å². The van der Waals surface area contributed by atoms with E-state index in [2.05, 4.69) is 37.9 Å². The third-order valence-electron chi connectivity index (χ3n) is 4.54. The van der Waals surface area contributed by atoms with E-state index in [0.29, 0.717) is 18.5 Å². The molecule has 1 aliphatic heterocycles. The summed E-state index contributed by atoms with van der Waals surface area (Å²) in [6, 6.07) is 11.0. The van der Waals surface area contributed by atoms with Gasteiger partial charge in [0.2, 0.25) is 0 Å². The second kappa shape index (κ2) is 5.96. The minimum Gasteiger partial charge on any atom is -0.454 e. The Labute approximate surface area is 121 Å². The first-order chi connectivity index (χ1) is 9.48. The van der Waals surface area contributed by atoms with Gasteiger partial charge in [0, 0.05) is 31.3 Å². The van der Waals surface area contributed by atoms with Crippen LogP contribution in [0, 0.1) is 0 Å². The van der Waals surface area contributed by atoms with Gasteiger partial charge >= 0.3 is 5.97 Å². The van der Waals surface area contributed by atoms with Crippen LogP contribution in [0.4, 0.5) is 0 Å². The molecule has 0 aliphatic carbocycles. The maximum Gasteiger partial charge on any atom is 0.306 e. The fourth-order valence-electron chi connectivity index (χ4n) is 3.17. The molecule has 0 N–H and O–H groups in total. The van der Waals surface area contributed by atoms with Gasteiger partial charge in [0.25, 0.3) is 0 Å². The molecule has 0 spiro atoms. The Kier molecular flexibility index (Phi) is 4.48. The summed E-state index contributed by atoms with van der Waals surface area (Å²) in [4.78, 5) is 14.3. The molecule has 0 radical (unpaired) electrons. The number of hydrogen-bond acceptors (Lipinski definition) is 3. The van der Waals surface area contributed by atoms with Crippen molar-refractivity contribution in [3.63, 3.8) is 0 Å². The topological polar surface area (TPSA) is 29.5 Å². The molecule has 0 amide bonds. The maximum absolute atomic E-state index is 11.9. The van der Waals surface area contributed by atoms with Crippen molar-refractivity contribution < 1.29 is 9.53 Å². The average Bonchev–Trinajstić information content (AvgIpc) is 2.45. The van der Waals surface area contributed by atoms with Crippen LogP contribution in [-0.2, 0) is 15.1 Å². The highest BCUT2D eigenvalue weighted by atomic mass is 16.6. The SMILES string of the molecule is CCC(=O)OC1(c2ccccc2)CC(C)N(C)C(C)C1. The zero-order valence-corrected chi connectivity index (χ0v) is 12.9. The van der Waals surface area contributed by atoms with E-state index in [-0.39, 0.29) is 5.97 Å². The normalized spacial score (nSPS) is 31.0. The Morgan fingerprint density at radius 3 is 2.30 bits per heavy atom. The largest absolute Gasteiger partial charge is 0.454 e. The summed E-state index contributed by atoms with van der Waals surface area (Å²) >= 11 is 0. The van der Waals surface area contributed by atoms with Crippen LogP contribution < -0.4 is 0 Å². The van der Waals surface area contributed by atoms with Gasteiger partial charge in [-0.05, 0) is 26.5 Å². The molecule has 1 fully saturated rings. The highest BCUT2D eigenvalue weighted by molar-refractivity contribution is 5.69. The van der Waals surface area contributed by atoms with Crippen LogP contribution >= 0.6 is 0 Å². The van der Waals surface area contributed by atoms with Crippen molar-refractivity contribution in [2.75, 3.05) is 7.05 Å². The van der Waals surface area contributed by atoms with E-state index < -0.39 is 5.60 Å². The number of carbonyl (C=O) groups is 1. The second-order valence-electron chi connectivity index (χ2n) is 5.96. The van der Waals surface area contributed by atoms with Gasteiger partial charge < -0.3 is 9.64 Å². The minimum absolute atomic E-state index is 0.113. The summed E-state index contributed by atoms with van der Waals surface area (Å²) in [5.41, 5.74) is 0.647. The van der Waals surface area contributed by atoms with Crippen LogP contribution in [0.1, 0.15) is 45.6 Å². The molecule has 0 bridgehead atoms. The van der Waals surface area contributed by atoms with Gasteiger partial charge in [-0.1, -0.05) is 37.3 Å². The van der Waals surface area contributed by atoms with Crippen LogP contribution in [0.3, 0.4) is 0 Å². The maximum atomic E-state index is 11.9. The van der Waals surface area contributed by atoms with E-state index in [1.807, 2.05) is 25.1 Å². The van der Waals surface area contributed by atoms with Crippen molar-refractivity contribution >= 4 is 5.97 Å². The third kappa shape index (κ3) is 2.88. The molecule has 110 valence electrons. The zero-order chi connectivity index (χ0) is 14.8. The van der Waals surface area contributed by atoms with E-state index >= 15 is 0 Å². The smallest absolute Gasteiger partial charge is 0.306 e. The number of esters is 1. The Bertz CT molecular complexity index is 445. The lowest BCUT2D eigenvalue weighted by Gasteiger charge is -2.47. The summed E-state index contributed by atoms with van der Waals surface area (Å²) in [7, 11) is 2.14. The van der Waals surface area contributed by atoms with Crippen LogP contribution in [-0.4, -0.2) is 30.0 Å². The van der Waals surface area contributed by atoms with E-state index in [0.717, 1.165) is 18.4 Å². The molecule has 2 atom stereocenters. The molecule has 0 aromatic heterocycles. The van der Waals surface area contributed by atoms with Crippen molar-refractivity contribution in [1.29, 1.82) is 0 Å². The molecule has 1 aliphatic rings. The molecule has 0 saturated carbocycles. The van der Waals surface area contributed by atoms with Crippen molar-refractivity contribution in [3.05, 3.63) is 35.9 Å². The Hall–Kier alpha value is -1.35. The Morgan fingerprint density at radius 2 is 1.80 bits per heavy atom. The van der Waals surface area contributed by atoms with Crippen LogP contribution in [0.15, 0.2) is 30.3 Å². The molecular weight excluding hydrogens is 250 g/mol. The van der Waals surface area contributed by atoms with Gasteiger partial charge in [0.15, 0.2) is 0 Å². The number of rotatable bonds is 3. The number of hydrogen-bond donors (Lipinski definition) is 0. The molecule has 1 saturated heterocycles. The van der Waals surface area contributed by atoms with E-state index in [4.69, 9.17) is 4.74 Å². The molecule has 2 unspecified atom stereocenters. The molecule has 1 aromatic rings. The number of benzene rings is 1. The van der Waals surface area contributed by atoms with Crippen molar-refractivity contribution in [2.24, 2.45) is 0 Å². The summed E-state index contributed by atoms with van der Waals surface area (Å²) < 4.78 is 5.94. The summed E-state index contributed by atoms with van der Waals surface area (Å²) in [5, 5.41) is 0. The minimum atomic E-state index is -0.473. The highest BCUT2D eigenvalue weighted by Crippen LogP contribution is 2.41. The number of piperidine rings is 1. The number of carbonyl (C=O) groups excluding carboxylic acids is 1. The first-order valence-electron chi connectivity index (χ1n) is 7.48. The van der Waals surface area contributed by atoms with Gasteiger partial charge in [0.05, 0.1) is 0 Å². The van der Waals surface area contributed by atoms with Gasteiger partial charge in [-0.3, -0.25) is 4.79 Å². The van der Waals surface area contributed by atoms with E-state index in [1.54, 1.807) is 0 Å². The van der Waals surface area contributed by atoms with E-state index in [9.17, 15) is 4.79 Å². The summed E-state index contributed by atoms with van der Waals surface area (Å²) in [6.45, 7) is 6.25. The molecular formula is C17H25NO2. The number of likely N-dealkylation sites (tertiary alicyclic amines) is 1. The predicted octanol–water partition coefficient (Wildman–Crippen LogP) is 3.34. The third-order valence-corrected chi connectivity index (χ3v) is 4.54. The highest BCUT2D eigenvalue weighted by Gasteiger charge is 2.44. The molecule has 3 nitrogen and oxygen atoms in total. The molecule has 20 heavy (non-hydrogen) atoms. The first kappa shape index (κ1) is 15.0. The lowest BCUT2D eigenvalue weighted by atomic mass is 9.78. The first-order valence-corrected chi connectivity index (χ1v) is 7.48. The van der Waals surface area contributed by atoms with Gasteiger partial charge in [-0.25, -0.2) is 0 Å². The fourth-order valence-corrected chi connectivity index (χ4v) is 3.17. The van der Waals surface area contributed by atoms with Crippen molar-refractivity contribution in [1.82, 2.24) is 4.90 Å². The van der Waals surface area contributed by atoms with Crippen LogP contribution in [0.5, 0.6) is 0 Å². The Balaban J connectivity index is 2.37. The fraction of sp³-hybridized carbons (Fsp3) is 0.588. The standard InChI is InChI=1S/C17H25NO2/c1-5-16(19)20-17(15-9-7-6-8-10-15)11-13(2)18(4)14(3)12-17/h6-10,13-14H,5,11-12H2,1-4H3. The predicted molar refractivity (Wildman–Crippen MR) is 80.4 cm³/mol. The Morgan fingerprint density at radius 1 is 1.25 bits per heavy atom. The lowest BCUT2D eigenvalue weighted by molar-refractivity contribution is -0.171. The van der Waals surface area contributed by atoms with Gasteiger partial charge in [-0.2, -0.15) is 0 Å². The van der Waals surface area contributed by atoms with Crippen molar-refractivity contribution in [2.45, 2.75) is 57.7 Å². The molecule has 1 heterocycles.